The van der Waals surface area contributed by atoms with E-state index in [0.29, 0.717) is 18.1 Å². The monoisotopic (exact) mass is 431 g/mol. The Morgan fingerprint density at radius 2 is 1.90 bits per heavy atom. The van der Waals surface area contributed by atoms with Crippen molar-refractivity contribution >= 4 is 29.2 Å². The normalized spacial score (nSPS) is 12.5. The molecule has 0 spiro atoms. The van der Waals surface area contributed by atoms with Crippen LogP contribution in [0, 0.1) is 5.82 Å². The number of anilines is 1. The topological polar surface area (TPSA) is 69.2 Å². The van der Waals surface area contributed by atoms with Crippen LogP contribution in [0.1, 0.15) is 63.6 Å². The van der Waals surface area contributed by atoms with Crippen LogP contribution in [0.25, 0.3) is 17.3 Å². The van der Waals surface area contributed by atoms with Crippen molar-refractivity contribution in [2.75, 3.05) is 17.6 Å². The van der Waals surface area contributed by atoms with Gasteiger partial charge in [-0.15, -0.1) is 0 Å². The first-order valence-electron chi connectivity index (χ1n) is 10.1. The first-order chi connectivity index (χ1) is 14.2. The van der Waals surface area contributed by atoms with E-state index < -0.39 is 11.4 Å². The third kappa shape index (κ3) is 6.64. The maximum Gasteiger partial charge on any atom is 0.268 e. The van der Waals surface area contributed by atoms with E-state index in [1.807, 2.05) is 19.9 Å². The van der Waals surface area contributed by atoms with Crippen molar-refractivity contribution in [3.05, 3.63) is 47.4 Å². The minimum Gasteiger partial charge on any atom is -0.593 e. The summed E-state index contributed by atoms with van der Waals surface area (Å²) in [6.45, 7) is 5.71. The second kappa shape index (κ2) is 11.2. The summed E-state index contributed by atoms with van der Waals surface area (Å²) in [5.41, 5.74) is 3.17. The fourth-order valence-electron chi connectivity index (χ4n) is 3.00. The fraction of sp³-hybridized carbons (Fsp3) is 0.435. The van der Waals surface area contributed by atoms with E-state index in [4.69, 9.17) is 0 Å². The smallest absolute Gasteiger partial charge is 0.268 e. The molecule has 1 aromatic heterocycles. The number of nitrogens with zero attached hydrogens (tertiary/aromatic N) is 3. The lowest BCUT2D eigenvalue weighted by Crippen LogP contribution is -2.27. The Bertz CT molecular complexity index is 883. The van der Waals surface area contributed by atoms with Crippen LogP contribution in [-0.4, -0.2) is 33.6 Å². The van der Waals surface area contributed by atoms with Crippen LogP contribution in [0.4, 0.5) is 10.3 Å². The number of carbonyl (C=O) groups excluding carboxylic acids is 1. The van der Waals surface area contributed by atoms with Crippen LogP contribution in [0.3, 0.4) is 0 Å². The highest BCUT2D eigenvalue weighted by Gasteiger charge is 2.21. The molecule has 2 aromatic rings. The summed E-state index contributed by atoms with van der Waals surface area (Å²) >= 11 is -1.27. The summed E-state index contributed by atoms with van der Waals surface area (Å²) < 4.78 is 27.0. The van der Waals surface area contributed by atoms with E-state index in [1.54, 1.807) is 32.4 Å². The largest absolute Gasteiger partial charge is 0.593 e. The summed E-state index contributed by atoms with van der Waals surface area (Å²) in [5, 5.41) is 0. The van der Waals surface area contributed by atoms with Gasteiger partial charge in [-0.25, -0.2) is 14.4 Å². The minimum absolute atomic E-state index is 0.113. The van der Waals surface area contributed by atoms with E-state index >= 15 is 0 Å². The molecule has 0 fully saturated rings. The molecule has 1 atom stereocenters. The SMILES string of the molecule is CC(=O)CCCC/C=C/c1c(-c2ccc(F)cc2)nc(N(C)[S+](C)[O-])nc1C(C)C. The van der Waals surface area contributed by atoms with Crippen LogP contribution < -0.4 is 4.31 Å². The molecule has 162 valence electrons. The maximum absolute atomic E-state index is 13.5. The molecule has 5 nitrogen and oxygen atoms in total. The molecule has 30 heavy (non-hydrogen) atoms. The Morgan fingerprint density at radius 3 is 2.47 bits per heavy atom. The number of Topliss-reactive ketones (excluding diaryl/α,β-unsaturated/α-hetero) is 1. The number of hydrogen-bond donors (Lipinski definition) is 0. The van der Waals surface area contributed by atoms with Crippen LogP contribution in [0.15, 0.2) is 30.3 Å². The quantitative estimate of drug-likeness (QED) is 0.377. The number of ketones is 1. The van der Waals surface area contributed by atoms with Gasteiger partial charge < -0.3 is 9.35 Å². The first kappa shape index (κ1) is 24.0. The highest BCUT2D eigenvalue weighted by Crippen LogP contribution is 2.31. The van der Waals surface area contributed by atoms with Crippen molar-refractivity contribution in [3.63, 3.8) is 0 Å². The molecule has 0 aliphatic rings. The molecule has 0 bridgehead atoms. The highest BCUT2D eigenvalue weighted by atomic mass is 32.2. The van der Waals surface area contributed by atoms with Gasteiger partial charge in [0.15, 0.2) is 0 Å². The van der Waals surface area contributed by atoms with Crippen molar-refractivity contribution in [1.82, 2.24) is 9.97 Å². The molecular formula is C23H30FN3O2S. The van der Waals surface area contributed by atoms with Gasteiger partial charge in [0.1, 0.15) is 17.9 Å². The van der Waals surface area contributed by atoms with E-state index in [-0.39, 0.29) is 17.5 Å². The lowest BCUT2D eigenvalue weighted by molar-refractivity contribution is -0.117. The summed E-state index contributed by atoms with van der Waals surface area (Å²) in [5.74, 6) is 0.381. The Labute approximate surface area is 181 Å². The Morgan fingerprint density at radius 1 is 1.23 bits per heavy atom. The van der Waals surface area contributed by atoms with E-state index in [2.05, 4.69) is 16.0 Å². The Balaban J connectivity index is 2.48. The highest BCUT2D eigenvalue weighted by molar-refractivity contribution is 7.92. The molecular weight excluding hydrogens is 401 g/mol. The van der Waals surface area contributed by atoms with Gasteiger partial charge in [-0.2, -0.15) is 4.31 Å². The number of hydrogen-bond acceptors (Lipinski definition) is 5. The number of rotatable bonds is 10. The van der Waals surface area contributed by atoms with Gasteiger partial charge in [-0.05, 0) is 56.4 Å². The lowest BCUT2D eigenvalue weighted by atomic mass is 9.97. The number of aromatic nitrogens is 2. The summed E-state index contributed by atoms with van der Waals surface area (Å²) in [6, 6.07) is 6.20. The molecule has 0 N–H and O–H groups in total. The van der Waals surface area contributed by atoms with Gasteiger partial charge in [-0.3, -0.25) is 0 Å². The van der Waals surface area contributed by atoms with E-state index in [1.165, 1.54) is 16.4 Å². The molecule has 7 heteroatoms. The van der Waals surface area contributed by atoms with Crippen LogP contribution >= 0.6 is 0 Å². The van der Waals surface area contributed by atoms with Gasteiger partial charge in [0.2, 0.25) is 0 Å². The average Bonchev–Trinajstić information content (AvgIpc) is 2.69. The van der Waals surface area contributed by atoms with Gasteiger partial charge >= 0.3 is 0 Å². The molecule has 2 rings (SSSR count). The van der Waals surface area contributed by atoms with Crippen molar-refractivity contribution in [1.29, 1.82) is 0 Å². The van der Waals surface area contributed by atoms with E-state index in [0.717, 1.165) is 36.1 Å². The van der Waals surface area contributed by atoms with Crippen molar-refractivity contribution < 1.29 is 13.7 Å². The third-order valence-electron chi connectivity index (χ3n) is 4.73. The van der Waals surface area contributed by atoms with Crippen molar-refractivity contribution in [2.45, 2.75) is 52.4 Å². The van der Waals surface area contributed by atoms with Crippen LogP contribution in [0.2, 0.25) is 0 Å². The Hall–Kier alpha value is -2.25. The lowest BCUT2D eigenvalue weighted by Gasteiger charge is -2.21. The molecule has 0 radical (unpaired) electrons. The molecule has 0 amide bonds. The fourth-order valence-corrected chi connectivity index (χ4v) is 3.31. The van der Waals surface area contributed by atoms with E-state index in [9.17, 15) is 13.7 Å². The summed E-state index contributed by atoms with van der Waals surface area (Å²) in [7, 11) is 1.69. The maximum atomic E-state index is 13.5. The third-order valence-corrected chi connectivity index (χ3v) is 5.66. The number of halogens is 1. The average molecular weight is 432 g/mol. The second-order valence-electron chi connectivity index (χ2n) is 7.60. The predicted octanol–water partition coefficient (Wildman–Crippen LogP) is 5.30. The standard InChI is InChI=1S/C23H30FN3O2S/c1-16(2)21-20(11-9-7-6-8-10-17(3)28)22(18-12-14-19(24)15-13-18)26-23(25-21)27(4)30(5)29/h9,11-16H,6-8,10H2,1-5H3/b11-9+. The molecule has 0 saturated carbocycles. The molecule has 1 heterocycles. The van der Waals surface area contributed by atoms with Gasteiger partial charge in [0.25, 0.3) is 5.95 Å². The Kier molecular flexibility index (Phi) is 8.99. The van der Waals surface area contributed by atoms with Crippen LogP contribution in [0.5, 0.6) is 0 Å². The van der Waals surface area contributed by atoms with Crippen molar-refractivity contribution in [3.8, 4) is 11.3 Å². The van der Waals surface area contributed by atoms with Gasteiger partial charge in [-0.1, -0.05) is 26.0 Å². The van der Waals surface area contributed by atoms with Crippen LogP contribution in [-0.2, 0) is 16.2 Å². The van der Waals surface area contributed by atoms with Gasteiger partial charge in [0, 0.05) is 17.5 Å². The number of allylic oxidation sites excluding steroid dienone is 1. The molecule has 0 aliphatic heterocycles. The number of unbranched alkanes of at least 4 members (excludes halogenated alkanes) is 2. The summed E-state index contributed by atoms with van der Waals surface area (Å²) in [6.07, 6.45) is 8.89. The number of benzene rings is 1. The minimum atomic E-state index is -1.27. The molecule has 1 aromatic carbocycles. The van der Waals surface area contributed by atoms with Gasteiger partial charge in [0.05, 0.1) is 29.8 Å². The molecule has 0 aliphatic carbocycles. The second-order valence-corrected chi connectivity index (χ2v) is 9.00. The predicted molar refractivity (Wildman–Crippen MR) is 122 cm³/mol. The zero-order valence-corrected chi connectivity index (χ0v) is 19.1. The first-order valence-corrected chi connectivity index (χ1v) is 11.6. The molecule has 1 unspecified atom stereocenters. The number of carbonyl (C=O) groups is 1. The zero-order chi connectivity index (χ0) is 22.3. The summed E-state index contributed by atoms with van der Waals surface area (Å²) in [4.78, 5) is 20.5. The van der Waals surface area contributed by atoms with Crippen molar-refractivity contribution in [2.24, 2.45) is 0 Å². The molecule has 0 saturated heterocycles. The zero-order valence-electron chi connectivity index (χ0n) is 18.3.